The second-order valence-electron chi connectivity index (χ2n) is 22.8. The van der Waals surface area contributed by atoms with Gasteiger partial charge >= 0.3 is 5.97 Å². The summed E-state index contributed by atoms with van der Waals surface area (Å²) in [4.78, 5) is 26.6. The first-order valence-electron chi connectivity index (χ1n) is 33.4. The Labute approximate surface area is 495 Å². The molecule has 11 heteroatoms. The molecule has 0 aliphatic carbocycles. The number of hydrogen-bond donors (Lipinski definition) is 6. The van der Waals surface area contributed by atoms with Gasteiger partial charge in [-0.05, 0) is 103 Å². The Balaban J connectivity index is 2.67. The average molecular weight is 1140 g/mol. The van der Waals surface area contributed by atoms with E-state index in [-0.39, 0.29) is 19.4 Å². The van der Waals surface area contributed by atoms with Crippen LogP contribution in [0.2, 0.25) is 0 Å². The van der Waals surface area contributed by atoms with Crippen LogP contribution >= 0.6 is 0 Å². The quantitative estimate of drug-likeness (QED) is 0.0195. The van der Waals surface area contributed by atoms with Crippen LogP contribution in [0, 0.1) is 0 Å². The van der Waals surface area contributed by atoms with E-state index in [4.69, 9.17) is 14.2 Å². The molecule has 1 heterocycles. The van der Waals surface area contributed by atoms with Crippen molar-refractivity contribution in [2.75, 3.05) is 13.2 Å². The van der Waals surface area contributed by atoms with Gasteiger partial charge in [-0.1, -0.05) is 260 Å². The SMILES string of the molecule is CCCCC/C=C\C/C=C\C/C=C\CCCCCCCCCC(O)C(=O)NC(COC1OC(CO)C(O)C(O)C1OC(=O)CCCCCCCC/C=C\C/C=C\C/C=C\CCCCC)C(O)/C=C/CCCCCCCCCCCCC. The number of amides is 1. The number of esters is 1. The van der Waals surface area contributed by atoms with Crippen molar-refractivity contribution >= 4 is 11.9 Å². The molecule has 1 aliphatic rings. The molecule has 0 aromatic carbocycles. The Kier molecular flexibility index (Phi) is 53.6. The minimum absolute atomic E-state index is 0.105. The van der Waals surface area contributed by atoms with E-state index in [1.807, 2.05) is 6.08 Å². The van der Waals surface area contributed by atoms with E-state index in [1.54, 1.807) is 6.08 Å². The number of aliphatic hydroxyl groups excluding tert-OH is 5. The fraction of sp³-hybridized carbons (Fsp3) is 0.771. The molecule has 8 atom stereocenters. The molecule has 468 valence electrons. The first-order valence-corrected chi connectivity index (χ1v) is 33.4. The fourth-order valence-electron chi connectivity index (χ4n) is 9.96. The van der Waals surface area contributed by atoms with E-state index in [0.717, 1.165) is 116 Å². The zero-order valence-corrected chi connectivity index (χ0v) is 51.9. The summed E-state index contributed by atoms with van der Waals surface area (Å²) in [7, 11) is 0. The molecule has 6 N–H and O–H groups in total. The lowest BCUT2D eigenvalue weighted by atomic mass is 9.99. The Hall–Kier alpha value is -3.16. The van der Waals surface area contributed by atoms with Crippen molar-refractivity contribution in [1.82, 2.24) is 5.32 Å². The van der Waals surface area contributed by atoms with Crippen LogP contribution in [0.5, 0.6) is 0 Å². The summed E-state index contributed by atoms with van der Waals surface area (Å²) in [6, 6.07) is -1.04. The number of ether oxygens (including phenoxy) is 3. The number of allylic oxidation sites excluding steroid dienone is 13. The fourth-order valence-corrected chi connectivity index (χ4v) is 9.96. The molecule has 0 spiro atoms. The summed E-state index contributed by atoms with van der Waals surface area (Å²) < 4.78 is 17.6. The monoisotopic (exact) mass is 1140 g/mol. The van der Waals surface area contributed by atoms with Crippen molar-refractivity contribution in [2.24, 2.45) is 0 Å². The van der Waals surface area contributed by atoms with Crippen LogP contribution < -0.4 is 5.32 Å². The second-order valence-corrected chi connectivity index (χ2v) is 22.8. The number of aliphatic hydroxyl groups is 5. The van der Waals surface area contributed by atoms with Gasteiger partial charge in [0.05, 0.1) is 25.4 Å². The molecular formula is C70H123NO10. The molecule has 1 amide bonds. The molecule has 1 fully saturated rings. The summed E-state index contributed by atoms with van der Waals surface area (Å²) >= 11 is 0. The van der Waals surface area contributed by atoms with Gasteiger partial charge in [0.15, 0.2) is 12.4 Å². The van der Waals surface area contributed by atoms with Crippen molar-refractivity contribution < 1.29 is 49.3 Å². The predicted molar refractivity (Wildman–Crippen MR) is 338 cm³/mol. The zero-order valence-electron chi connectivity index (χ0n) is 51.9. The zero-order chi connectivity index (χ0) is 58.9. The Morgan fingerprint density at radius 2 is 0.852 bits per heavy atom. The number of rotatable bonds is 56. The first-order chi connectivity index (χ1) is 39.7. The van der Waals surface area contributed by atoms with Crippen LogP contribution in [0.4, 0.5) is 0 Å². The summed E-state index contributed by atoms with van der Waals surface area (Å²) in [6.07, 6.45) is 64.6. The molecule has 1 saturated heterocycles. The van der Waals surface area contributed by atoms with Gasteiger partial charge in [0, 0.05) is 6.42 Å². The van der Waals surface area contributed by atoms with Gasteiger partial charge in [-0.15, -0.1) is 0 Å². The third kappa shape index (κ3) is 45.0. The summed E-state index contributed by atoms with van der Waals surface area (Å²) in [6.45, 7) is 5.74. The van der Waals surface area contributed by atoms with E-state index in [1.165, 1.54) is 122 Å². The van der Waals surface area contributed by atoms with Crippen molar-refractivity contribution in [2.45, 2.75) is 333 Å². The highest BCUT2D eigenvalue weighted by atomic mass is 16.7. The molecule has 81 heavy (non-hydrogen) atoms. The molecule has 0 bridgehead atoms. The molecule has 1 rings (SSSR count). The number of hydrogen-bond acceptors (Lipinski definition) is 10. The van der Waals surface area contributed by atoms with E-state index < -0.39 is 67.4 Å². The smallest absolute Gasteiger partial charge is 0.306 e. The van der Waals surface area contributed by atoms with Gasteiger partial charge in [0.1, 0.15) is 24.4 Å². The molecule has 11 nitrogen and oxygen atoms in total. The maximum Gasteiger partial charge on any atom is 0.306 e. The third-order valence-corrected chi connectivity index (χ3v) is 15.3. The summed E-state index contributed by atoms with van der Waals surface area (Å²) in [5, 5.41) is 57.1. The van der Waals surface area contributed by atoms with Gasteiger partial charge in [0.2, 0.25) is 5.91 Å². The van der Waals surface area contributed by atoms with E-state index >= 15 is 0 Å². The minimum atomic E-state index is -1.62. The van der Waals surface area contributed by atoms with Crippen molar-refractivity contribution in [3.05, 3.63) is 85.1 Å². The molecule has 1 aliphatic heterocycles. The van der Waals surface area contributed by atoms with Crippen LogP contribution in [0.3, 0.4) is 0 Å². The molecule has 8 unspecified atom stereocenters. The summed E-state index contributed by atoms with van der Waals surface area (Å²) in [5.41, 5.74) is 0. The molecule has 0 saturated carbocycles. The van der Waals surface area contributed by atoms with Crippen LogP contribution in [0.15, 0.2) is 85.1 Å². The number of carbonyl (C=O) groups excluding carboxylic acids is 2. The van der Waals surface area contributed by atoms with Gasteiger partial charge in [-0.25, -0.2) is 0 Å². The van der Waals surface area contributed by atoms with Crippen LogP contribution in [0.25, 0.3) is 0 Å². The predicted octanol–water partition coefficient (Wildman–Crippen LogP) is 16.5. The van der Waals surface area contributed by atoms with Crippen LogP contribution in [-0.4, -0.2) is 99.6 Å². The van der Waals surface area contributed by atoms with Crippen molar-refractivity contribution in [3.8, 4) is 0 Å². The minimum Gasteiger partial charge on any atom is -0.454 e. The maximum atomic E-state index is 13.5. The van der Waals surface area contributed by atoms with Gasteiger partial charge in [-0.3, -0.25) is 9.59 Å². The van der Waals surface area contributed by atoms with Crippen molar-refractivity contribution in [1.29, 1.82) is 0 Å². The normalized spacial score (nSPS) is 19.2. The molecule has 0 radical (unpaired) electrons. The third-order valence-electron chi connectivity index (χ3n) is 15.3. The lowest BCUT2D eigenvalue weighted by molar-refractivity contribution is -0.305. The van der Waals surface area contributed by atoms with Gasteiger partial charge in [0.25, 0.3) is 0 Å². The lowest BCUT2D eigenvalue weighted by Gasteiger charge is -2.41. The molecule has 0 aromatic rings. The van der Waals surface area contributed by atoms with E-state index in [9.17, 15) is 35.1 Å². The highest BCUT2D eigenvalue weighted by Gasteiger charge is 2.47. The summed E-state index contributed by atoms with van der Waals surface area (Å²) in [5.74, 6) is -1.21. The Bertz CT molecular complexity index is 1640. The standard InChI is InChI=1S/C70H123NO10/c1-4-7-10-13-16-19-22-25-27-29-31-33-34-36-39-42-45-48-51-54-57-63(74)69(78)71-61(62(73)56-53-50-47-44-41-38-24-21-18-15-12-9-6-3)60-79-70-68(67(77)66(76)64(59-72)80-70)81-65(75)58-55-52-49-46-43-40-37-35-32-30-28-26-23-20-17-14-11-8-5-2/h16-17,19-20,25-28,31-33,35,53,56,61-64,66-68,70,72-74,76-77H,4-15,18,21-24,29-30,34,36-52,54-55,57-60H2,1-3H3,(H,71,78)/b19-16-,20-17-,27-25-,28-26-,33-31-,35-32-,56-53+. The Morgan fingerprint density at radius 1 is 0.481 bits per heavy atom. The van der Waals surface area contributed by atoms with Gasteiger partial charge < -0.3 is 45.1 Å². The molecule has 0 aromatic heterocycles. The first kappa shape index (κ1) is 75.9. The van der Waals surface area contributed by atoms with E-state index in [0.29, 0.717) is 12.8 Å². The number of nitrogens with one attached hydrogen (secondary N) is 1. The second kappa shape index (κ2) is 57.3. The van der Waals surface area contributed by atoms with Crippen LogP contribution in [-0.2, 0) is 23.8 Å². The largest absolute Gasteiger partial charge is 0.454 e. The van der Waals surface area contributed by atoms with E-state index in [2.05, 4.69) is 99.0 Å². The highest BCUT2D eigenvalue weighted by molar-refractivity contribution is 5.80. The topological polar surface area (TPSA) is 175 Å². The number of unbranched alkanes of at least 4 members (excludes halogenated alkanes) is 30. The Morgan fingerprint density at radius 3 is 1.30 bits per heavy atom. The lowest BCUT2D eigenvalue weighted by Crippen LogP contribution is -2.61. The highest BCUT2D eigenvalue weighted by Crippen LogP contribution is 2.26. The number of carbonyl (C=O) groups is 2. The van der Waals surface area contributed by atoms with Crippen LogP contribution in [0.1, 0.15) is 284 Å². The van der Waals surface area contributed by atoms with Gasteiger partial charge in [-0.2, -0.15) is 0 Å². The van der Waals surface area contributed by atoms with Crippen molar-refractivity contribution in [3.63, 3.8) is 0 Å². The average Bonchev–Trinajstić information content (AvgIpc) is 3.46. The molecular weight excluding hydrogens is 1010 g/mol. The maximum absolute atomic E-state index is 13.5.